The summed E-state index contributed by atoms with van der Waals surface area (Å²) in [4.78, 5) is 4.00. The summed E-state index contributed by atoms with van der Waals surface area (Å²) in [6.07, 6.45) is 3.35. The molecule has 2 nitrogen and oxygen atoms in total. The van der Waals surface area contributed by atoms with Gasteiger partial charge in [0.25, 0.3) is 0 Å². The van der Waals surface area contributed by atoms with Crippen molar-refractivity contribution in [3.63, 3.8) is 0 Å². The van der Waals surface area contributed by atoms with Crippen molar-refractivity contribution in [1.82, 2.24) is 4.98 Å². The Labute approximate surface area is 127 Å². The van der Waals surface area contributed by atoms with E-state index in [4.69, 9.17) is 0 Å². The van der Waals surface area contributed by atoms with Crippen LogP contribution in [0.2, 0.25) is 0 Å². The Morgan fingerprint density at radius 2 is 1.41 bits per heavy atom. The smallest absolute Gasteiger partial charge is 0.146 e. The number of benzene rings is 2. The van der Waals surface area contributed by atoms with Gasteiger partial charge in [0.05, 0.1) is 11.7 Å². The fourth-order valence-corrected chi connectivity index (χ4v) is 2.30. The summed E-state index contributed by atoms with van der Waals surface area (Å²) in [6, 6.07) is 16.1. The lowest BCUT2D eigenvalue weighted by Crippen LogP contribution is -2.13. The number of nitrogens with one attached hydrogen (secondary N) is 1. The van der Waals surface area contributed by atoms with Crippen molar-refractivity contribution in [2.45, 2.75) is 6.04 Å². The second kappa shape index (κ2) is 6.35. The summed E-state index contributed by atoms with van der Waals surface area (Å²) >= 11 is 0. The molecule has 0 saturated heterocycles. The van der Waals surface area contributed by atoms with Crippen LogP contribution in [0, 0.1) is 11.6 Å². The fraction of sp³-hybridized carbons (Fsp3) is 0.0556. The van der Waals surface area contributed by atoms with Crippen LogP contribution < -0.4 is 5.32 Å². The molecule has 1 N–H and O–H groups in total. The van der Waals surface area contributed by atoms with Crippen molar-refractivity contribution in [2.75, 3.05) is 5.32 Å². The minimum atomic E-state index is -0.330. The summed E-state index contributed by atoms with van der Waals surface area (Å²) < 4.78 is 27.1. The Balaban J connectivity index is 2.00. The molecule has 1 heterocycles. The van der Waals surface area contributed by atoms with Gasteiger partial charge in [0.2, 0.25) is 0 Å². The third-order valence-corrected chi connectivity index (χ3v) is 3.42. The van der Waals surface area contributed by atoms with Crippen molar-refractivity contribution >= 4 is 5.69 Å². The van der Waals surface area contributed by atoms with Gasteiger partial charge in [-0.15, -0.1) is 0 Å². The van der Waals surface area contributed by atoms with Crippen molar-refractivity contribution in [3.8, 4) is 0 Å². The third-order valence-electron chi connectivity index (χ3n) is 3.42. The molecule has 0 radical (unpaired) electrons. The number of halogens is 2. The summed E-state index contributed by atoms with van der Waals surface area (Å²) in [5.74, 6) is -0.633. The fourth-order valence-electron chi connectivity index (χ4n) is 2.30. The highest BCUT2D eigenvalue weighted by Gasteiger charge is 2.15. The van der Waals surface area contributed by atoms with Crippen LogP contribution in [0.15, 0.2) is 73.1 Å². The van der Waals surface area contributed by atoms with Gasteiger partial charge >= 0.3 is 0 Å². The average Bonchev–Trinajstić information content (AvgIpc) is 2.56. The number of rotatable bonds is 4. The highest BCUT2D eigenvalue weighted by Crippen LogP contribution is 2.27. The van der Waals surface area contributed by atoms with Crippen LogP contribution in [0.3, 0.4) is 0 Å². The normalized spacial score (nSPS) is 11.9. The first kappa shape index (κ1) is 14.2. The summed E-state index contributed by atoms with van der Waals surface area (Å²) in [5, 5.41) is 3.17. The van der Waals surface area contributed by atoms with Crippen LogP contribution >= 0.6 is 0 Å². The van der Waals surface area contributed by atoms with E-state index < -0.39 is 0 Å². The van der Waals surface area contributed by atoms with E-state index in [1.165, 1.54) is 18.2 Å². The van der Waals surface area contributed by atoms with Crippen LogP contribution in [0.25, 0.3) is 0 Å². The predicted octanol–water partition coefficient (Wildman–Crippen LogP) is 4.56. The zero-order valence-electron chi connectivity index (χ0n) is 11.7. The molecule has 0 spiro atoms. The molecule has 22 heavy (non-hydrogen) atoms. The first-order valence-electron chi connectivity index (χ1n) is 6.90. The number of anilines is 1. The molecule has 1 atom stereocenters. The Bertz CT molecular complexity index is 743. The van der Waals surface area contributed by atoms with Crippen LogP contribution in [-0.2, 0) is 0 Å². The number of pyridine rings is 1. The molecule has 2 aromatic carbocycles. The van der Waals surface area contributed by atoms with E-state index in [1.54, 1.807) is 42.7 Å². The lowest BCUT2D eigenvalue weighted by molar-refractivity contribution is 0.624. The monoisotopic (exact) mass is 296 g/mol. The number of hydrogen-bond acceptors (Lipinski definition) is 2. The lowest BCUT2D eigenvalue weighted by Gasteiger charge is -2.21. The molecule has 1 aromatic heterocycles. The second-order valence-corrected chi connectivity index (χ2v) is 4.89. The first-order chi connectivity index (χ1) is 10.7. The van der Waals surface area contributed by atoms with Gasteiger partial charge in [-0.05, 0) is 47.5 Å². The van der Waals surface area contributed by atoms with E-state index >= 15 is 0 Å². The standard InChI is InChI=1S/C18H14F2N2/c19-15-7-5-13(6-8-15)18(14-9-11-21-12-10-14)22-17-4-2-1-3-16(17)20/h1-12,18,22H. The van der Waals surface area contributed by atoms with Crippen LogP contribution in [0.5, 0.6) is 0 Å². The van der Waals surface area contributed by atoms with Crippen LogP contribution in [0.1, 0.15) is 17.2 Å². The van der Waals surface area contributed by atoms with Gasteiger partial charge in [-0.1, -0.05) is 24.3 Å². The Kier molecular flexibility index (Phi) is 4.10. The van der Waals surface area contributed by atoms with E-state index in [-0.39, 0.29) is 17.7 Å². The SMILES string of the molecule is Fc1ccc(C(Nc2ccccc2F)c2ccncc2)cc1. The maximum Gasteiger partial charge on any atom is 0.146 e. The van der Waals surface area contributed by atoms with Gasteiger partial charge in [0, 0.05) is 12.4 Å². The molecule has 0 aliphatic heterocycles. The Morgan fingerprint density at radius 1 is 0.773 bits per heavy atom. The molecule has 0 fully saturated rings. The van der Waals surface area contributed by atoms with E-state index in [1.807, 2.05) is 12.1 Å². The summed E-state index contributed by atoms with van der Waals surface area (Å²) in [6.45, 7) is 0. The van der Waals surface area contributed by atoms with E-state index in [9.17, 15) is 8.78 Å². The van der Waals surface area contributed by atoms with Gasteiger partial charge in [0.1, 0.15) is 11.6 Å². The van der Waals surface area contributed by atoms with Crippen LogP contribution in [-0.4, -0.2) is 4.98 Å². The van der Waals surface area contributed by atoms with Gasteiger partial charge in [-0.3, -0.25) is 4.98 Å². The van der Waals surface area contributed by atoms with Gasteiger partial charge in [-0.2, -0.15) is 0 Å². The molecule has 0 aliphatic carbocycles. The molecule has 110 valence electrons. The third kappa shape index (κ3) is 3.11. The summed E-state index contributed by atoms with van der Waals surface area (Å²) in [7, 11) is 0. The molecule has 0 saturated carbocycles. The molecule has 1 unspecified atom stereocenters. The zero-order valence-corrected chi connectivity index (χ0v) is 11.7. The predicted molar refractivity (Wildman–Crippen MR) is 82.5 cm³/mol. The zero-order chi connectivity index (χ0) is 15.4. The molecule has 4 heteroatoms. The van der Waals surface area contributed by atoms with E-state index in [2.05, 4.69) is 10.3 Å². The van der Waals surface area contributed by atoms with Crippen molar-refractivity contribution in [2.24, 2.45) is 0 Å². The Morgan fingerprint density at radius 3 is 2.09 bits per heavy atom. The van der Waals surface area contributed by atoms with Crippen LogP contribution in [0.4, 0.5) is 14.5 Å². The number of para-hydroxylation sites is 1. The summed E-state index contributed by atoms with van der Waals surface area (Å²) in [5.41, 5.74) is 2.16. The number of aromatic nitrogens is 1. The topological polar surface area (TPSA) is 24.9 Å². The molecule has 3 rings (SSSR count). The van der Waals surface area contributed by atoms with E-state index in [0.29, 0.717) is 5.69 Å². The largest absolute Gasteiger partial charge is 0.372 e. The molecule has 0 amide bonds. The number of hydrogen-bond donors (Lipinski definition) is 1. The lowest BCUT2D eigenvalue weighted by atomic mass is 9.99. The van der Waals surface area contributed by atoms with Crippen molar-refractivity contribution in [1.29, 1.82) is 0 Å². The minimum absolute atomic E-state index is 0.291. The molecule has 0 aliphatic rings. The number of nitrogens with zero attached hydrogens (tertiary/aromatic N) is 1. The Hall–Kier alpha value is -2.75. The highest BCUT2D eigenvalue weighted by atomic mass is 19.1. The first-order valence-corrected chi connectivity index (χ1v) is 6.90. The molecule has 0 bridgehead atoms. The molecule has 3 aromatic rings. The maximum absolute atomic E-state index is 13.9. The highest BCUT2D eigenvalue weighted by molar-refractivity contribution is 5.50. The maximum atomic E-state index is 13.9. The van der Waals surface area contributed by atoms with E-state index in [0.717, 1.165) is 11.1 Å². The van der Waals surface area contributed by atoms with Crippen molar-refractivity contribution < 1.29 is 8.78 Å². The molecular weight excluding hydrogens is 282 g/mol. The van der Waals surface area contributed by atoms with Gasteiger partial charge in [0.15, 0.2) is 0 Å². The van der Waals surface area contributed by atoms with Crippen molar-refractivity contribution in [3.05, 3.63) is 95.8 Å². The molecular formula is C18H14F2N2. The average molecular weight is 296 g/mol. The minimum Gasteiger partial charge on any atom is -0.372 e. The van der Waals surface area contributed by atoms with Gasteiger partial charge < -0.3 is 5.32 Å². The quantitative estimate of drug-likeness (QED) is 0.763. The second-order valence-electron chi connectivity index (χ2n) is 4.89. The van der Waals surface area contributed by atoms with Gasteiger partial charge in [-0.25, -0.2) is 8.78 Å².